The summed E-state index contributed by atoms with van der Waals surface area (Å²) in [6.07, 6.45) is 4.37. The minimum atomic E-state index is 0.749. The van der Waals surface area contributed by atoms with Crippen molar-refractivity contribution in [3.8, 4) is 0 Å². The number of rotatable bonds is 4. The fraction of sp³-hybridized carbons (Fsp3) is 0.643. The van der Waals surface area contributed by atoms with Gasteiger partial charge in [0.15, 0.2) is 0 Å². The van der Waals surface area contributed by atoms with Gasteiger partial charge in [-0.1, -0.05) is 6.07 Å². The highest BCUT2D eigenvalue weighted by Crippen LogP contribution is 2.19. The molecular weight excluding hydrogens is 224 g/mol. The van der Waals surface area contributed by atoms with Crippen LogP contribution < -0.4 is 5.32 Å². The summed E-state index contributed by atoms with van der Waals surface area (Å²) >= 11 is 0. The van der Waals surface area contributed by atoms with Crippen molar-refractivity contribution >= 4 is 5.82 Å². The van der Waals surface area contributed by atoms with Gasteiger partial charge in [-0.3, -0.25) is 4.90 Å². The second-order valence-electron chi connectivity index (χ2n) is 5.23. The average Bonchev–Trinajstić information content (AvgIpc) is 2.40. The molecule has 2 rings (SSSR count). The van der Waals surface area contributed by atoms with Crippen molar-refractivity contribution in [3.05, 3.63) is 23.9 Å². The van der Waals surface area contributed by atoms with Crippen LogP contribution >= 0.6 is 0 Å². The third-order valence-electron chi connectivity index (χ3n) is 3.81. The molecule has 0 radical (unpaired) electrons. The second-order valence-corrected chi connectivity index (χ2v) is 5.23. The quantitative estimate of drug-likeness (QED) is 0.878. The lowest BCUT2D eigenvalue weighted by atomic mass is 10.0. The van der Waals surface area contributed by atoms with Crippen LogP contribution in [0.15, 0.2) is 18.3 Å². The van der Waals surface area contributed by atoms with Crippen molar-refractivity contribution in [2.24, 2.45) is 0 Å². The van der Waals surface area contributed by atoms with Crippen LogP contribution in [0, 0.1) is 0 Å². The molecule has 0 amide bonds. The summed E-state index contributed by atoms with van der Waals surface area (Å²) < 4.78 is 0. The number of pyridine rings is 1. The summed E-state index contributed by atoms with van der Waals surface area (Å²) in [6, 6.07) is 4.93. The van der Waals surface area contributed by atoms with E-state index in [1.807, 2.05) is 19.3 Å². The first-order valence-electron chi connectivity index (χ1n) is 6.71. The van der Waals surface area contributed by atoms with Gasteiger partial charge in [0.25, 0.3) is 0 Å². The molecule has 1 aliphatic heterocycles. The van der Waals surface area contributed by atoms with Crippen molar-refractivity contribution in [2.75, 3.05) is 39.5 Å². The smallest absolute Gasteiger partial charge is 0.130 e. The van der Waals surface area contributed by atoms with Gasteiger partial charge in [0.1, 0.15) is 5.82 Å². The van der Waals surface area contributed by atoms with Gasteiger partial charge in [-0.15, -0.1) is 0 Å². The van der Waals surface area contributed by atoms with Gasteiger partial charge >= 0.3 is 0 Å². The molecule has 18 heavy (non-hydrogen) atoms. The van der Waals surface area contributed by atoms with E-state index in [4.69, 9.17) is 0 Å². The molecule has 0 aromatic carbocycles. The molecule has 1 aromatic heterocycles. The molecule has 1 aliphatic rings. The summed E-state index contributed by atoms with van der Waals surface area (Å²) in [5, 5.41) is 3.17. The molecule has 1 N–H and O–H groups in total. The third-order valence-corrected chi connectivity index (χ3v) is 3.81. The van der Waals surface area contributed by atoms with E-state index in [-0.39, 0.29) is 0 Å². The maximum atomic E-state index is 4.36. The summed E-state index contributed by atoms with van der Waals surface area (Å²) in [4.78, 5) is 9.23. The molecule has 0 aliphatic carbocycles. The highest BCUT2D eigenvalue weighted by molar-refractivity contribution is 5.42. The Hall–Kier alpha value is -1.13. The van der Waals surface area contributed by atoms with Crippen molar-refractivity contribution in [3.63, 3.8) is 0 Å². The number of likely N-dealkylation sites (tertiary alicyclic amines) is 1. The van der Waals surface area contributed by atoms with Crippen molar-refractivity contribution in [1.82, 2.24) is 14.8 Å². The lowest BCUT2D eigenvalue weighted by Gasteiger charge is -2.35. The molecule has 0 bridgehead atoms. The van der Waals surface area contributed by atoms with Crippen LogP contribution in [0.5, 0.6) is 0 Å². The Bertz CT molecular complexity index is 370. The number of aromatic nitrogens is 1. The van der Waals surface area contributed by atoms with Gasteiger partial charge in [0.05, 0.1) is 0 Å². The summed E-state index contributed by atoms with van der Waals surface area (Å²) in [7, 11) is 6.30. The van der Waals surface area contributed by atoms with Gasteiger partial charge < -0.3 is 10.2 Å². The van der Waals surface area contributed by atoms with Crippen molar-refractivity contribution in [2.45, 2.75) is 25.4 Å². The first-order valence-corrected chi connectivity index (χ1v) is 6.71. The summed E-state index contributed by atoms with van der Waals surface area (Å²) in [5.74, 6) is 1.01. The summed E-state index contributed by atoms with van der Waals surface area (Å²) in [5.41, 5.74) is 1.29. The maximum absolute atomic E-state index is 4.36. The predicted molar refractivity (Wildman–Crippen MR) is 75.8 cm³/mol. The minimum Gasteiger partial charge on any atom is -0.373 e. The molecule has 4 nitrogen and oxygen atoms in total. The molecule has 0 saturated carbocycles. The molecule has 4 heteroatoms. The molecule has 100 valence electrons. The van der Waals surface area contributed by atoms with Crippen LogP contribution in [0.4, 0.5) is 5.82 Å². The zero-order valence-electron chi connectivity index (χ0n) is 11.7. The largest absolute Gasteiger partial charge is 0.373 e. The van der Waals surface area contributed by atoms with Crippen molar-refractivity contribution in [1.29, 1.82) is 0 Å². The lowest BCUT2D eigenvalue weighted by molar-refractivity contribution is 0.140. The van der Waals surface area contributed by atoms with Crippen LogP contribution in [0.1, 0.15) is 18.4 Å². The van der Waals surface area contributed by atoms with E-state index < -0.39 is 0 Å². The van der Waals surface area contributed by atoms with Gasteiger partial charge in [0.2, 0.25) is 0 Å². The molecule has 1 aromatic rings. The van der Waals surface area contributed by atoms with Gasteiger partial charge in [-0.2, -0.15) is 0 Å². The van der Waals surface area contributed by atoms with E-state index in [0.29, 0.717) is 0 Å². The van der Waals surface area contributed by atoms with Gasteiger partial charge in [-0.25, -0.2) is 4.98 Å². The standard InChI is InChI=1S/C14H24N4/c1-15-14-12(5-4-8-16-14)11-18-9-6-13(7-10-18)17(2)3/h4-5,8,13H,6-7,9-11H2,1-3H3,(H,15,16). The first kappa shape index (κ1) is 13.3. The van der Waals surface area contributed by atoms with E-state index in [1.165, 1.54) is 31.5 Å². The number of anilines is 1. The number of hydrogen-bond donors (Lipinski definition) is 1. The van der Waals surface area contributed by atoms with Crippen LogP contribution in [-0.2, 0) is 6.54 Å². The van der Waals surface area contributed by atoms with E-state index >= 15 is 0 Å². The molecule has 0 spiro atoms. The summed E-state index contributed by atoms with van der Waals surface area (Å²) in [6.45, 7) is 3.37. The predicted octanol–water partition coefficient (Wildman–Crippen LogP) is 1.65. The van der Waals surface area contributed by atoms with Gasteiger partial charge in [0, 0.05) is 31.4 Å². The molecule has 1 saturated heterocycles. The Morgan fingerprint density at radius 1 is 1.39 bits per heavy atom. The maximum Gasteiger partial charge on any atom is 0.130 e. The second kappa shape index (κ2) is 6.16. The Morgan fingerprint density at radius 2 is 2.11 bits per heavy atom. The average molecular weight is 248 g/mol. The molecule has 0 atom stereocenters. The third kappa shape index (κ3) is 3.21. The number of nitrogens with zero attached hydrogens (tertiary/aromatic N) is 3. The molecule has 2 heterocycles. The van der Waals surface area contributed by atoms with Crippen LogP contribution in [0.3, 0.4) is 0 Å². The highest BCUT2D eigenvalue weighted by atomic mass is 15.2. The molecule has 1 fully saturated rings. The Kier molecular flexibility index (Phi) is 4.55. The first-order chi connectivity index (χ1) is 8.70. The van der Waals surface area contributed by atoms with E-state index in [0.717, 1.165) is 18.4 Å². The van der Waals surface area contributed by atoms with Crippen LogP contribution in [0.2, 0.25) is 0 Å². The monoisotopic (exact) mass is 248 g/mol. The Balaban J connectivity index is 1.91. The van der Waals surface area contributed by atoms with Crippen molar-refractivity contribution < 1.29 is 0 Å². The Labute approximate surface area is 110 Å². The lowest BCUT2D eigenvalue weighted by Crippen LogP contribution is -2.41. The number of piperidine rings is 1. The van der Waals surface area contributed by atoms with Crippen LogP contribution in [-0.4, -0.2) is 55.1 Å². The number of nitrogens with one attached hydrogen (secondary N) is 1. The SMILES string of the molecule is CNc1ncccc1CN1CCC(N(C)C)CC1. The highest BCUT2D eigenvalue weighted by Gasteiger charge is 2.20. The zero-order valence-corrected chi connectivity index (χ0v) is 11.7. The molecular formula is C14H24N4. The van der Waals surface area contributed by atoms with Gasteiger partial charge in [-0.05, 0) is 46.1 Å². The van der Waals surface area contributed by atoms with E-state index in [1.54, 1.807) is 0 Å². The fourth-order valence-corrected chi connectivity index (χ4v) is 2.63. The zero-order chi connectivity index (χ0) is 13.0. The van der Waals surface area contributed by atoms with E-state index in [9.17, 15) is 0 Å². The van der Waals surface area contributed by atoms with E-state index in [2.05, 4.69) is 40.3 Å². The number of hydrogen-bond acceptors (Lipinski definition) is 4. The minimum absolute atomic E-state index is 0.749. The topological polar surface area (TPSA) is 31.4 Å². The Morgan fingerprint density at radius 3 is 2.72 bits per heavy atom. The van der Waals surface area contributed by atoms with Crippen LogP contribution in [0.25, 0.3) is 0 Å². The fourth-order valence-electron chi connectivity index (χ4n) is 2.63. The molecule has 0 unspecified atom stereocenters. The normalized spacial score (nSPS) is 18.2.